The van der Waals surface area contributed by atoms with Crippen LogP contribution in [-0.2, 0) is 22.6 Å². The van der Waals surface area contributed by atoms with Crippen molar-refractivity contribution in [3.05, 3.63) is 46.2 Å². The molecule has 0 aromatic carbocycles. The van der Waals surface area contributed by atoms with Crippen LogP contribution in [0.1, 0.15) is 42.5 Å². The molecule has 1 fully saturated rings. The maximum Gasteiger partial charge on any atom is 0.225 e. The van der Waals surface area contributed by atoms with Crippen molar-refractivity contribution in [2.75, 3.05) is 13.1 Å². The van der Waals surface area contributed by atoms with Crippen LogP contribution in [0, 0.1) is 5.92 Å². The van der Waals surface area contributed by atoms with Crippen molar-refractivity contribution >= 4 is 23.2 Å². The summed E-state index contributed by atoms with van der Waals surface area (Å²) in [7, 11) is 0. The number of thiazole rings is 1. The Hall–Kier alpha value is -2.28. The summed E-state index contributed by atoms with van der Waals surface area (Å²) in [4.78, 5) is 34.9. The second kappa shape index (κ2) is 8.40. The largest absolute Gasteiger partial charge is 0.355 e. The van der Waals surface area contributed by atoms with Crippen molar-refractivity contribution in [3.63, 3.8) is 0 Å². The van der Waals surface area contributed by atoms with E-state index in [-0.39, 0.29) is 24.2 Å². The number of rotatable bonds is 7. The molecule has 26 heavy (non-hydrogen) atoms. The molecule has 1 atom stereocenters. The van der Waals surface area contributed by atoms with Crippen LogP contribution in [0.4, 0.5) is 0 Å². The first kappa shape index (κ1) is 18.5. The summed E-state index contributed by atoms with van der Waals surface area (Å²) < 4.78 is 0. The Morgan fingerprint density at radius 1 is 1.38 bits per heavy atom. The van der Waals surface area contributed by atoms with E-state index in [2.05, 4.69) is 34.5 Å². The van der Waals surface area contributed by atoms with Gasteiger partial charge in [0.15, 0.2) is 0 Å². The standard InChI is InChI=1S/C19H24N4O2S/c1-13(2)19-22-16(12-26-19)5-8-21-18(25)15-9-17(24)23(11-15)10-14-3-6-20-7-4-14/h3-4,6-7,12-13,15H,5,8-11H2,1-2H3,(H,21,25). The lowest BCUT2D eigenvalue weighted by molar-refractivity contribution is -0.129. The van der Waals surface area contributed by atoms with Crippen LogP contribution in [0.2, 0.25) is 0 Å². The van der Waals surface area contributed by atoms with Gasteiger partial charge in [0, 0.05) is 56.2 Å². The lowest BCUT2D eigenvalue weighted by atomic mass is 10.1. The Balaban J connectivity index is 1.45. The minimum absolute atomic E-state index is 0.0306. The van der Waals surface area contributed by atoms with Crippen molar-refractivity contribution in [1.82, 2.24) is 20.2 Å². The van der Waals surface area contributed by atoms with Crippen LogP contribution in [0.25, 0.3) is 0 Å². The van der Waals surface area contributed by atoms with Gasteiger partial charge in [-0.3, -0.25) is 14.6 Å². The summed E-state index contributed by atoms with van der Waals surface area (Å²) in [6, 6.07) is 3.78. The van der Waals surface area contributed by atoms with E-state index < -0.39 is 0 Å². The van der Waals surface area contributed by atoms with Gasteiger partial charge < -0.3 is 10.2 Å². The molecule has 6 nitrogen and oxygen atoms in total. The van der Waals surface area contributed by atoms with Crippen LogP contribution >= 0.6 is 11.3 Å². The fourth-order valence-electron chi connectivity index (χ4n) is 2.97. The Kier molecular flexibility index (Phi) is 5.98. The van der Waals surface area contributed by atoms with Gasteiger partial charge in [0.25, 0.3) is 0 Å². The van der Waals surface area contributed by atoms with Crippen LogP contribution in [0.5, 0.6) is 0 Å². The highest BCUT2D eigenvalue weighted by Gasteiger charge is 2.34. The van der Waals surface area contributed by atoms with E-state index in [0.29, 0.717) is 25.6 Å². The molecule has 3 rings (SSSR count). The number of carbonyl (C=O) groups is 2. The molecule has 0 radical (unpaired) electrons. The maximum atomic E-state index is 12.4. The topological polar surface area (TPSA) is 75.2 Å². The lowest BCUT2D eigenvalue weighted by Crippen LogP contribution is -2.34. The zero-order valence-electron chi connectivity index (χ0n) is 15.1. The third kappa shape index (κ3) is 4.66. The average Bonchev–Trinajstić information content (AvgIpc) is 3.23. The maximum absolute atomic E-state index is 12.4. The molecule has 2 aromatic rings. The van der Waals surface area contributed by atoms with E-state index in [1.807, 2.05) is 12.1 Å². The molecule has 1 aliphatic rings. The number of hydrogen-bond acceptors (Lipinski definition) is 5. The zero-order valence-corrected chi connectivity index (χ0v) is 16.0. The van der Waals surface area contributed by atoms with E-state index >= 15 is 0 Å². The molecule has 1 aliphatic heterocycles. The van der Waals surface area contributed by atoms with Crippen molar-refractivity contribution < 1.29 is 9.59 Å². The fraction of sp³-hybridized carbons (Fsp3) is 0.474. The van der Waals surface area contributed by atoms with Crippen molar-refractivity contribution in [2.24, 2.45) is 5.92 Å². The number of nitrogens with zero attached hydrogens (tertiary/aromatic N) is 3. The van der Waals surface area contributed by atoms with Crippen LogP contribution in [-0.4, -0.2) is 39.8 Å². The summed E-state index contributed by atoms with van der Waals surface area (Å²) in [5.74, 6) is 0.142. The molecule has 138 valence electrons. The lowest BCUT2D eigenvalue weighted by Gasteiger charge is -2.16. The molecular formula is C19H24N4O2S. The van der Waals surface area contributed by atoms with E-state index in [9.17, 15) is 9.59 Å². The second-order valence-corrected chi connectivity index (χ2v) is 7.79. The highest BCUT2D eigenvalue weighted by molar-refractivity contribution is 7.09. The SMILES string of the molecule is CC(C)c1nc(CCNC(=O)C2CC(=O)N(Cc3ccncc3)C2)cs1. The minimum Gasteiger partial charge on any atom is -0.355 e. The monoisotopic (exact) mass is 372 g/mol. The van der Waals surface area contributed by atoms with E-state index in [4.69, 9.17) is 0 Å². The van der Waals surface area contributed by atoms with Gasteiger partial charge in [0.05, 0.1) is 16.6 Å². The number of pyridine rings is 1. The van der Waals surface area contributed by atoms with Gasteiger partial charge in [-0.05, 0) is 17.7 Å². The molecule has 1 unspecified atom stereocenters. The van der Waals surface area contributed by atoms with Gasteiger partial charge >= 0.3 is 0 Å². The molecule has 7 heteroatoms. The number of hydrogen-bond donors (Lipinski definition) is 1. The van der Waals surface area contributed by atoms with E-state index in [1.54, 1.807) is 28.6 Å². The Bertz CT molecular complexity index is 760. The number of nitrogens with one attached hydrogen (secondary N) is 1. The van der Waals surface area contributed by atoms with Crippen LogP contribution < -0.4 is 5.32 Å². The number of aromatic nitrogens is 2. The Morgan fingerprint density at radius 2 is 2.15 bits per heavy atom. The zero-order chi connectivity index (χ0) is 18.5. The van der Waals surface area contributed by atoms with Gasteiger partial charge in [0.2, 0.25) is 11.8 Å². The number of amides is 2. The van der Waals surface area contributed by atoms with E-state index in [0.717, 1.165) is 22.7 Å². The summed E-state index contributed by atoms with van der Waals surface area (Å²) in [6.45, 7) is 5.80. The van der Waals surface area contributed by atoms with E-state index in [1.165, 1.54) is 0 Å². The molecule has 1 N–H and O–H groups in total. The first-order chi connectivity index (χ1) is 12.5. The van der Waals surface area contributed by atoms with Gasteiger partial charge in [0.1, 0.15) is 0 Å². The first-order valence-corrected chi connectivity index (χ1v) is 9.79. The molecule has 0 aliphatic carbocycles. The normalized spacial score (nSPS) is 17.1. The van der Waals surface area contributed by atoms with Crippen LogP contribution in [0.3, 0.4) is 0 Å². The Morgan fingerprint density at radius 3 is 2.85 bits per heavy atom. The van der Waals surface area contributed by atoms with Crippen molar-refractivity contribution in [2.45, 2.75) is 39.2 Å². The van der Waals surface area contributed by atoms with Crippen molar-refractivity contribution in [1.29, 1.82) is 0 Å². The molecule has 0 bridgehead atoms. The highest BCUT2D eigenvalue weighted by Crippen LogP contribution is 2.21. The van der Waals surface area contributed by atoms with Crippen molar-refractivity contribution in [3.8, 4) is 0 Å². The quantitative estimate of drug-likeness (QED) is 0.810. The van der Waals surface area contributed by atoms with Crippen LogP contribution in [0.15, 0.2) is 29.9 Å². The first-order valence-electron chi connectivity index (χ1n) is 8.91. The fourth-order valence-corrected chi connectivity index (χ4v) is 3.84. The van der Waals surface area contributed by atoms with Gasteiger partial charge in [-0.1, -0.05) is 13.8 Å². The highest BCUT2D eigenvalue weighted by atomic mass is 32.1. The summed E-state index contributed by atoms with van der Waals surface area (Å²) >= 11 is 1.66. The second-order valence-electron chi connectivity index (χ2n) is 6.90. The smallest absolute Gasteiger partial charge is 0.225 e. The van der Waals surface area contributed by atoms with Gasteiger partial charge in [-0.25, -0.2) is 4.98 Å². The number of carbonyl (C=O) groups excluding carboxylic acids is 2. The molecule has 2 amide bonds. The molecule has 0 saturated carbocycles. The molecule has 0 spiro atoms. The van der Waals surface area contributed by atoms with Gasteiger partial charge in [-0.2, -0.15) is 0 Å². The summed E-state index contributed by atoms with van der Waals surface area (Å²) in [5, 5.41) is 6.13. The third-order valence-electron chi connectivity index (χ3n) is 4.45. The summed E-state index contributed by atoms with van der Waals surface area (Å²) in [5.41, 5.74) is 2.04. The molecule has 2 aromatic heterocycles. The predicted octanol–water partition coefficient (Wildman–Crippen LogP) is 2.37. The van der Waals surface area contributed by atoms with Gasteiger partial charge in [-0.15, -0.1) is 11.3 Å². The minimum atomic E-state index is -0.272. The summed E-state index contributed by atoms with van der Waals surface area (Å²) in [6.07, 6.45) is 4.42. The Labute approximate surface area is 157 Å². The molecule has 3 heterocycles. The number of likely N-dealkylation sites (tertiary alicyclic amines) is 1. The third-order valence-corrected chi connectivity index (χ3v) is 5.65. The molecule has 1 saturated heterocycles. The predicted molar refractivity (Wildman–Crippen MR) is 101 cm³/mol. The average molecular weight is 372 g/mol. The molecular weight excluding hydrogens is 348 g/mol.